The third kappa shape index (κ3) is 4.32. The number of hydrogen-bond donors (Lipinski definition) is 2. The molecule has 0 unspecified atom stereocenters. The topological polar surface area (TPSA) is 67.8 Å². The van der Waals surface area contributed by atoms with Crippen LogP contribution in [-0.2, 0) is 13.6 Å². The second kappa shape index (κ2) is 5.96. The molecule has 0 aliphatic rings. The van der Waals surface area contributed by atoms with Crippen LogP contribution in [0, 0.1) is 0 Å². The number of halogens is 6. The van der Waals surface area contributed by atoms with Gasteiger partial charge in [-0.1, -0.05) is 0 Å². The van der Waals surface area contributed by atoms with E-state index in [1.165, 1.54) is 13.8 Å². The van der Waals surface area contributed by atoms with Crippen molar-refractivity contribution in [2.24, 2.45) is 0 Å². The molecule has 0 aliphatic heterocycles. The first-order valence-electron chi connectivity index (χ1n) is 4.87. The largest absolute Gasteiger partial charge is 0.441 e. The molecule has 0 saturated heterocycles. The predicted molar refractivity (Wildman–Crippen MR) is 51.1 cm³/mol. The van der Waals surface area contributed by atoms with E-state index in [1.807, 2.05) is 0 Å². The molecule has 0 heterocycles. The highest BCUT2D eigenvalue weighted by atomic mass is 31.2. The van der Waals surface area contributed by atoms with Crippen molar-refractivity contribution in [2.45, 2.75) is 31.9 Å². The molecule has 0 atom stereocenters. The lowest BCUT2D eigenvalue weighted by Crippen LogP contribution is -2.65. The zero-order chi connectivity index (χ0) is 15.5. The fraction of sp³-hybridized carbons (Fsp3) is 1.00. The first kappa shape index (κ1) is 18.7. The highest BCUT2D eigenvalue weighted by Gasteiger charge is 2.73. The summed E-state index contributed by atoms with van der Waals surface area (Å²) in [4.78, 5) is 0. The smallest absolute Gasteiger partial charge is 0.360 e. The van der Waals surface area contributed by atoms with E-state index in [-0.39, 0.29) is 0 Å². The predicted octanol–water partition coefficient (Wildman–Crippen LogP) is 2.57. The second-order valence-electron chi connectivity index (χ2n) is 3.15. The minimum Gasteiger partial charge on any atom is -0.360 e. The van der Waals surface area contributed by atoms with Crippen LogP contribution in [0.15, 0.2) is 0 Å². The summed E-state index contributed by atoms with van der Waals surface area (Å²) in [6.45, 7) is 1.37. The van der Waals surface area contributed by atoms with E-state index >= 15 is 0 Å². The van der Waals surface area contributed by atoms with E-state index in [1.54, 1.807) is 0 Å². The summed E-state index contributed by atoms with van der Waals surface area (Å²) in [6, 6.07) is 0. The Labute approximate surface area is 104 Å². The van der Waals surface area contributed by atoms with Crippen LogP contribution in [0.25, 0.3) is 0 Å². The molecule has 0 aromatic rings. The Hall–Kier alpha value is -0.350. The number of rotatable bonds is 6. The Morgan fingerprint density at radius 2 is 1.32 bits per heavy atom. The maximum Gasteiger partial charge on any atom is 0.441 e. The molecule has 0 spiro atoms. The van der Waals surface area contributed by atoms with Crippen LogP contribution >= 0.6 is 7.75 Å². The maximum atomic E-state index is 12.3. The number of alkyl halides is 6. The normalized spacial score (nSPS) is 14.8. The molecule has 0 radical (unpaired) electrons. The van der Waals surface area contributed by atoms with Gasteiger partial charge in [0.25, 0.3) is 0 Å². The maximum absolute atomic E-state index is 12.3. The van der Waals surface area contributed by atoms with Crippen molar-refractivity contribution in [3.05, 3.63) is 0 Å². The molecular weight excluding hydrogens is 307 g/mol. The summed E-state index contributed by atoms with van der Waals surface area (Å²) < 4.78 is 94.1. The van der Waals surface area contributed by atoms with Gasteiger partial charge >= 0.3 is 25.8 Å². The van der Waals surface area contributed by atoms with Gasteiger partial charge in [0.05, 0.1) is 13.2 Å². The van der Waals surface area contributed by atoms with Crippen molar-refractivity contribution in [1.29, 1.82) is 0 Å². The van der Waals surface area contributed by atoms with Gasteiger partial charge < -0.3 is 5.11 Å². The van der Waals surface area contributed by atoms with E-state index in [2.05, 4.69) is 9.05 Å². The van der Waals surface area contributed by atoms with Gasteiger partial charge in [-0.05, 0) is 13.8 Å². The van der Waals surface area contributed by atoms with E-state index in [0.29, 0.717) is 5.09 Å². The molecule has 0 aliphatic carbocycles. The molecule has 2 N–H and O–H groups in total. The highest BCUT2D eigenvalue weighted by Crippen LogP contribution is 2.52. The summed E-state index contributed by atoms with van der Waals surface area (Å²) in [5.74, 6) is 0. The van der Waals surface area contributed by atoms with Gasteiger partial charge in [-0.25, -0.2) is 4.57 Å². The second-order valence-corrected chi connectivity index (χ2v) is 4.89. The van der Waals surface area contributed by atoms with Gasteiger partial charge in [0, 0.05) is 0 Å². The van der Waals surface area contributed by atoms with Crippen LogP contribution in [0.5, 0.6) is 0 Å². The third-order valence-corrected chi connectivity index (χ3v) is 3.51. The monoisotopic (exact) mass is 319 g/mol. The Morgan fingerprint density at radius 1 is 1.00 bits per heavy atom. The molecule has 5 nitrogen and oxygen atoms in total. The summed E-state index contributed by atoms with van der Waals surface area (Å²) in [7, 11) is -4.97. The average Bonchev–Trinajstić information content (AvgIpc) is 2.14. The quantitative estimate of drug-likeness (QED) is 0.447. The van der Waals surface area contributed by atoms with Crippen LogP contribution in [-0.4, -0.2) is 36.4 Å². The third-order valence-electron chi connectivity index (χ3n) is 1.72. The summed E-state index contributed by atoms with van der Waals surface area (Å²) in [5.41, 5.74) is -5.40. The molecular formula is C7H12F6NO4P. The van der Waals surface area contributed by atoms with E-state index in [0.717, 1.165) is 0 Å². The van der Waals surface area contributed by atoms with E-state index < -0.39 is 39.0 Å². The lowest BCUT2D eigenvalue weighted by Gasteiger charge is -2.34. The standard InChI is InChI=1S/C7H12F6NO4P/c1-3-17-19(16,18-4-2)14-5(15,6(8,9)10)7(11,12)13/h15H,3-4H2,1-2H3,(H,14,16). The van der Waals surface area contributed by atoms with Crippen molar-refractivity contribution in [3.8, 4) is 0 Å². The van der Waals surface area contributed by atoms with Crippen LogP contribution in [0.1, 0.15) is 13.8 Å². The Balaban J connectivity index is 5.51. The average molecular weight is 319 g/mol. The molecule has 12 heteroatoms. The molecule has 116 valence electrons. The molecule has 0 saturated carbocycles. The fourth-order valence-electron chi connectivity index (χ4n) is 0.927. The zero-order valence-electron chi connectivity index (χ0n) is 9.80. The molecule has 0 aromatic heterocycles. The highest BCUT2D eigenvalue weighted by molar-refractivity contribution is 7.51. The van der Waals surface area contributed by atoms with Crippen LogP contribution in [0.4, 0.5) is 26.3 Å². The molecule has 0 rings (SSSR count). The Kier molecular flexibility index (Phi) is 5.85. The zero-order valence-corrected chi connectivity index (χ0v) is 10.7. The van der Waals surface area contributed by atoms with Gasteiger partial charge in [-0.3, -0.25) is 9.05 Å². The lowest BCUT2D eigenvalue weighted by atomic mass is 10.2. The lowest BCUT2D eigenvalue weighted by molar-refractivity contribution is -0.373. The molecule has 0 amide bonds. The SMILES string of the molecule is CCOP(=O)(NC(O)(C(F)(F)F)C(F)(F)F)OCC. The van der Waals surface area contributed by atoms with Gasteiger partial charge in [0.15, 0.2) is 0 Å². The van der Waals surface area contributed by atoms with Crippen LogP contribution < -0.4 is 5.09 Å². The van der Waals surface area contributed by atoms with Gasteiger partial charge in [-0.2, -0.15) is 31.4 Å². The summed E-state index contributed by atoms with van der Waals surface area (Å²) in [5, 5.41) is 9.29. The number of hydrogen-bond acceptors (Lipinski definition) is 4. The van der Waals surface area contributed by atoms with E-state index in [4.69, 9.17) is 5.11 Å². The van der Waals surface area contributed by atoms with Crippen molar-refractivity contribution >= 4 is 7.75 Å². The van der Waals surface area contributed by atoms with Crippen LogP contribution in [0.3, 0.4) is 0 Å². The fourth-order valence-corrected chi connectivity index (χ4v) is 2.46. The van der Waals surface area contributed by atoms with Gasteiger partial charge in [-0.15, -0.1) is 0 Å². The minimum absolute atomic E-state index is 0.490. The van der Waals surface area contributed by atoms with Crippen molar-refractivity contribution < 1.29 is 45.1 Å². The summed E-state index contributed by atoms with van der Waals surface area (Å²) >= 11 is 0. The molecule has 0 fully saturated rings. The minimum atomic E-state index is -6.17. The van der Waals surface area contributed by atoms with Crippen LogP contribution in [0.2, 0.25) is 0 Å². The Bertz CT molecular complexity index is 319. The molecule has 0 aromatic carbocycles. The van der Waals surface area contributed by atoms with Crippen molar-refractivity contribution in [2.75, 3.05) is 13.2 Å². The summed E-state index contributed by atoms with van der Waals surface area (Å²) in [6.07, 6.45) is -12.3. The van der Waals surface area contributed by atoms with Gasteiger partial charge in [0.2, 0.25) is 0 Å². The van der Waals surface area contributed by atoms with Crippen molar-refractivity contribution in [1.82, 2.24) is 5.09 Å². The number of aliphatic hydroxyl groups is 1. The number of nitrogens with one attached hydrogen (secondary N) is 1. The first-order valence-corrected chi connectivity index (χ1v) is 6.41. The van der Waals surface area contributed by atoms with E-state index in [9.17, 15) is 30.9 Å². The molecule has 0 bridgehead atoms. The Morgan fingerprint density at radius 3 is 1.53 bits per heavy atom. The van der Waals surface area contributed by atoms with Gasteiger partial charge in [0.1, 0.15) is 0 Å². The van der Waals surface area contributed by atoms with Crippen molar-refractivity contribution in [3.63, 3.8) is 0 Å². The molecule has 19 heavy (non-hydrogen) atoms. The first-order chi connectivity index (χ1) is 8.33.